The Morgan fingerprint density at radius 1 is 1.67 bits per heavy atom. The molecule has 6 heavy (non-hydrogen) atoms. The molecule has 0 aliphatic heterocycles. The van der Waals surface area contributed by atoms with Gasteiger partial charge in [-0.25, -0.2) is 0 Å². The smallest absolute Gasteiger partial charge is 0.187 e. The van der Waals surface area contributed by atoms with Gasteiger partial charge in [-0.15, -0.1) is 0 Å². The summed E-state index contributed by atoms with van der Waals surface area (Å²) in [5, 5.41) is -3.17. The van der Waals surface area contributed by atoms with Gasteiger partial charge in [0.15, 0.2) is 0 Å². The van der Waals surface area contributed by atoms with E-state index in [2.05, 4.69) is 24.2 Å². The van der Waals surface area contributed by atoms with Crippen LogP contribution in [0.3, 0.4) is 0 Å². The maximum Gasteiger partial charge on any atom is 0.331 e. The molecule has 0 nitrogen and oxygen atoms in total. The van der Waals surface area contributed by atoms with Crippen molar-refractivity contribution in [2.75, 3.05) is 5.75 Å². The van der Waals surface area contributed by atoms with Crippen molar-refractivity contribution >= 4 is 24.2 Å². The Balaban J connectivity index is 3.17. The van der Waals surface area contributed by atoms with Gasteiger partial charge in [-0.2, -0.15) is 8.78 Å². The van der Waals surface area contributed by atoms with Crippen LogP contribution in [0.4, 0.5) is 8.78 Å². The first-order chi connectivity index (χ1) is 2.56. The minimum absolute atomic E-state index is 0.714. The molecule has 1 radical (unpaired) electrons. The predicted molar refractivity (Wildman–Crippen MR) is 23.3 cm³/mol. The van der Waals surface area contributed by atoms with Gasteiger partial charge in [-0.3, -0.25) is 0 Å². The standard InChI is InChI=1S/C2H2ClF2S/c3-2(4,5)1-6/h1H2. The maximum absolute atomic E-state index is 11.1. The molecule has 0 spiro atoms. The number of halogens is 3. The van der Waals surface area contributed by atoms with Crippen LogP contribution < -0.4 is 0 Å². The van der Waals surface area contributed by atoms with E-state index in [1.54, 1.807) is 0 Å². The number of rotatable bonds is 1. The molecule has 0 amide bonds. The summed E-state index contributed by atoms with van der Waals surface area (Å²) in [6, 6.07) is 0. The van der Waals surface area contributed by atoms with Crippen molar-refractivity contribution < 1.29 is 8.78 Å². The van der Waals surface area contributed by atoms with Gasteiger partial charge in [0.1, 0.15) is 0 Å². The summed E-state index contributed by atoms with van der Waals surface area (Å²) in [5.41, 5.74) is 0. The lowest BCUT2D eigenvalue weighted by Crippen LogP contribution is -2.05. The summed E-state index contributed by atoms with van der Waals surface area (Å²) in [4.78, 5) is 0. The van der Waals surface area contributed by atoms with E-state index >= 15 is 0 Å². The first-order valence-corrected chi connectivity index (χ1v) is 2.16. The van der Waals surface area contributed by atoms with Crippen molar-refractivity contribution in [3.8, 4) is 0 Å². The molecular formula is C2H2ClF2S. The molecule has 0 N–H and O–H groups in total. The molecule has 0 aromatic heterocycles. The maximum atomic E-state index is 11.1. The fourth-order valence-electron chi connectivity index (χ4n) is 0. The van der Waals surface area contributed by atoms with Gasteiger partial charge in [0.05, 0.1) is 5.75 Å². The number of alkyl halides is 3. The highest BCUT2D eigenvalue weighted by Gasteiger charge is 2.21. The molecule has 4 heteroatoms. The largest absolute Gasteiger partial charge is 0.331 e. The van der Waals surface area contributed by atoms with Crippen LogP contribution in [0.1, 0.15) is 0 Å². The van der Waals surface area contributed by atoms with Gasteiger partial charge in [-0.1, -0.05) is 12.6 Å². The molecule has 0 rings (SSSR count). The van der Waals surface area contributed by atoms with Crippen LogP contribution in [0.5, 0.6) is 0 Å². The summed E-state index contributed by atoms with van der Waals surface area (Å²) in [6.45, 7) is 0. The van der Waals surface area contributed by atoms with E-state index in [0.717, 1.165) is 0 Å². The van der Waals surface area contributed by atoms with E-state index in [-0.39, 0.29) is 0 Å². The van der Waals surface area contributed by atoms with Crippen molar-refractivity contribution in [3.63, 3.8) is 0 Å². The molecule has 0 saturated heterocycles. The van der Waals surface area contributed by atoms with E-state index in [9.17, 15) is 8.78 Å². The molecule has 0 atom stereocenters. The third-order valence-corrected chi connectivity index (χ3v) is 0.818. The van der Waals surface area contributed by atoms with E-state index in [0.29, 0.717) is 0 Å². The van der Waals surface area contributed by atoms with E-state index in [1.807, 2.05) is 0 Å². The van der Waals surface area contributed by atoms with Crippen LogP contribution in [-0.2, 0) is 0 Å². The molecule has 0 heterocycles. The topological polar surface area (TPSA) is 0 Å². The molecule has 37 valence electrons. The predicted octanol–water partition coefficient (Wildman–Crippen LogP) is 2.02. The first-order valence-electron chi connectivity index (χ1n) is 1.21. The summed E-state index contributed by atoms with van der Waals surface area (Å²) < 4.78 is 22.2. The molecule has 0 fully saturated rings. The Kier molecular flexibility index (Phi) is 2.15. The third kappa shape index (κ3) is 4.50. The van der Waals surface area contributed by atoms with E-state index in [4.69, 9.17) is 0 Å². The Labute approximate surface area is 44.9 Å². The van der Waals surface area contributed by atoms with E-state index in [1.165, 1.54) is 0 Å². The molecule has 0 saturated carbocycles. The first kappa shape index (κ1) is 6.50. The average Bonchev–Trinajstić information content (AvgIpc) is 1.35. The van der Waals surface area contributed by atoms with Crippen molar-refractivity contribution in [2.24, 2.45) is 0 Å². The van der Waals surface area contributed by atoms with Crippen LogP contribution >= 0.6 is 24.2 Å². The van der Waals surface area contributed by atoms with Gasteiger partial charge in [0, 0.05) is 0 Å². The summed E-state index contributed by atoms with van der Waals surface area (Å²) in [7, 11) is 0. The summed E-state index contributed by atoms with van der Waals surface area (Å²) in [6.07, 6.45) is 0. The molecule has 0 aromatic carbocycles. The Bertz CT molecular complexity index is 41.3. The van der Waals surface area contributed by atoms with Gasteiger partial charge < -0.3 is 0 Å². The van der Waals surface area contributed by atoms with Crippen molar-refractivity contribution in [1.82, 2.24) is 0 Å². The molecule has 0 aromatic rings. The lowest BCUT2D eigenvalue weighted by atomic mass is 10.8. The van der Waals surface area contributed by atoms with E-state index < -0.39 is 11.1 Å². The quantitative estimate of drug-likeness (QED) is 0.478. The SMILES string of the molecule is FC(F)(Cl)C[S]. The zero-order valence-corrected chi connectivity index (χ0v) is 4.32. The highest BCUT2D eigenvalue weighted by molar-refractivity contribution is 7.80. The van der Waals surface area contributed by atoms with Gasteiger partial charge in [0.2, 0.25) is 0 Å². The molecule has 0 aliphatic rings. The van der Waals surface area contributed by atoms with Gasteiger partial charge >= 0.3 is 5.38 Å². The Morgan fingerprint density at radius 2 is 1.83 bits per heavy atom. The van der Waals surface area contributed by atoms with Gasteiger partial charge in [0.25, 0.3) is 0 Å². The second-order valence-electron chi connectivity index (χ2n) is 0.760. The van der Waals surface area contributed by atoms with Crippen LogP contribution in [-0.4, -0.2) is 11.1 Å². The van der Waals surface area contributed by atoms with Crippen LogP contribution in [0, 0.1) is 0 Å². The fourth-order valence-corrected chi connectivity index (χ4v) is 0. The zero-order valence-electron chi connectivity index (χ0n) is 2.75. The molecular weight excluding hydrogens is 130 g/mol. The molecule has 0 aliphatic carbocycles. The van der Waals surface area contributed by atoms with Crippen molar-refractivity contribution in [3.05, 3.63) is 0 Å². The second-order valence-corrected chi connectivity index (χ2v) is 1.60. The van der Waals surface area contributed by atoms with Crippen LogP contribution in [0.15, 0.2) is 0 Å². The average molecular weight is 132 g/mol. The lowest BCUT2D eigenvalue weighted by Gasteiger charge is -1.97. The fraction of sp³-hybridized carbons (Fsp3) is 1.00. The molecule has 0 bridgehead atoms. The summed E-state index contributed by atoms with van der Waals surface area (Å²) in [5.74, 6) is -0.714. The summed E-state index contributed by atoms with van der Waals surface area (Å²) >= 11 is 8.19. The number of hydrogen-bond donors (Lipinski definition) is 0. The molecule has 0 unspecified atom stereocenters. The highest BCUT2D eigenvalue weighted by Crippen LogP contribution is 2.18. The lowest BCUT2D eigenvalue weighted by molar-refractivity contribution is 0.125. The number of hydrogen-bond acceptors (Lipinski definition) is 0. The monoisotopic (exact) mass is 131 g/mol. The van der Waals surface area contributed by atoms with Crippen molar-refractivity contribution in [2.45, 2.75) is 5.38 Å². The normalized spacial score (nSPS) is 12.0. The van der Waals surface area contributed by atoms with Gasteiger partial charge in [-0.05, 0) is 11.6 Å². The Hall–Kier alpha value is 0.500. The highest BCUT2D eigenvalue weighted by atomic mass is 35.5. The van der Waals surface area contributed by atoms with Crippen LogP contribution in [0.2, 0.25) is 0 Å². The van der Waals surface area contributed by atoms with Crippen LogP contribution in [0.25, 0.3) is 0 Å². The minimum atomic E-state index is -3.17. The zero-order chi connectivity index (χ0) is 5.21. The minimum Gasteiger partial charge on any atom is -0.187 e. The Morgan fingerprint density at radius 3 is 1.83 bits per heavy atom. The van der Waals surface area contributed by atoms with Crippen molar-refractivity contribution in [1.29, 1.82) is 0 Å². The third-order valence-electron chi connectivity index (χ3n) is 0.164. The second kappa shape index (κ2) is 1.98.